The second kappa shape index (κ2) is 12.7. The van der Waals surface area contributed by atoms with E-state index in [0.29, 0.717) is 18.7 Å². The molecular weight excluding hydrogens is 498 g/mol. The van der Waals surface area contributed by atoms with Gasteiger partial charge in [-0.1, -0.05) is 61.0 Å². The van der Waals surface area contributed by atoms with Gasteiger partial charge in [-0.25, -0.2) is 8.42 Å². The summed E-state index contributed by atoms with van der Waals surface area (Å²) >= 11 is 0. The second-order valence-electron chi connectivity index (χ2n) is 9.50. The Balaban J connectivity index is 2.07. The Hall–Kier alpha value is -3.65. The molecule has 1 atom stereocenters. The number of anilines is 1. The molecule has 0 heterocycles. The summed E-state index contributed by atoms with van der Waals surface area (Å²) in [5.41, 5.74) is 4.10. The van der Waals surface area contributed by atoms with Crippen LogP contribution in [0.15, 0.2) is 77.7 Å². The van der Waals surface area contributed by atoms with Crippen LogP contribution in [0.5, 0.6) is 0 Å². The average molecular weight is 536 g/mol. The zero-order valence-electron chi connectivity index (χ0n) is 22.8. The smallest absolute Gasteiger partial charge is 0.264 e. The molecule has 8 heteroatoms. The van der Waals surface area contributed by atoms with E-state index < -0.39 is 28.5 Å². The number of rotatable bonds is 11. The molecule has 3 aromatic rings. The number of sulfonamides is 1. The fourth-order valence-corrected chi connectivity index (χ4v) is 5.86. The fourth-order valence-electron chi connectivity index (χ4n) is 4.44. The van der Waals surface area contributed by atoms with E-state index in [2.05, 4.69) is 5.32 Å². The van der Waals surface area contributed by atoms with Gasteiger partial charge >= 0.3 is 0 Å². The number of nitrogens with one attached hydrogen (secondary N) is 1. The van der Waals surface area contributed by atoms with E-state index in [1.54, 1.807) is 30.3 Å². The van der Waals surface area contributed by atoms with Gasteiger partial charge in [-0.15, -0.1) is 0 Å². The van der Waals surface area contributed by atoms with Gasteiger partial charge in [0.1, 0.15) is 12.6 Å². The van der Waals surface area contributed by atoms with Crippen molar-refractivity contribution in [2.75, 3.05) is 17.4 Å². The van der Waals surface area contributed by atoms with Gasteiger partial charge in [0.05, 0.1) is 10.6 Å². The molecule has 0 aliphatic heterocycles. The first-order valence-corrected chi connectivity index (χ1v) is 14.3. The zero-order valence-corrected chi connectivity index (χ0v) is 23.6. The van der Waals surface area contributed by atoms with E-state index in [0.717, 1.165) is 26.6 Å². The number of likely N-dealkylation sites (N-methyl/N-ethyl adjacent to an activating group) is 1. The monoisotopic (exact) mass is 535 g/mol. The Morgan fingerprint density at radius 2 is 1.45 bits per heavy atom. The summed E-state index contributed by atoms with van der Waals surface area (Å²) in [6.07, 6.45) is 0.387. The molecule has 0 aliphatic carbocycles. The number of aryl methyl sites for hydroxylation is 3. The molecule has 0 fully saturated rings. The first-order valence-electron chi connectivity index (χ1n) is 12.9. The van der Waals surface area contributed by atoms with Crippen LogP contribution >= 0.6 is 0 Å². The van der Waals surface area contributed by atoms with Crippen molar-refractivity contribution in [1.29, 1.82) is 0 Å². The standard InChI is InChI=1S/C30H37N3O4S/c1-6-28(30(35)31-7-2)32(20-25-15-13-22(3)14-16-25)29(34)21-33(26-18-23(4)17-24(5)19-26)38(36,37)27-11-9-8-10-12-27/h8-19,28H,6-7,20-21H2,1-5H3,(H,31,35). The number of hydrogen-bond donors (Lipinski definition) is 1. The van der Waals surface area contributed by atoms with Gasteiger partial charge in [0.15, 0.2) is 0 Å². The molecule has 3 aromatic carbocycles. The van der Waals surface area contributed by atoms with Crippen LogP contribution in [0.3, 0.4) is 0 Å². The summed E-state index contributed by atoms with van der Waals surface area (Å²) in [5, 5.41) is 2.82. The van der Waals surface area contributed by atoms with Crippen molar-refractivity contribution in [3.05, 3.63) is 95.1 Å². The predicted molar refractivity (Wildman–Crippen MR) is 151 cm³/mol. The maximum Gasteiger partial charge on any atom is 0.264 e. The number of carbonyl (C=O) groups excluding carboxylic acids is 2. The maximum atomic E-state index is 14.0. The van der Waals surface area contributed by atoms with Gasteiger partial charge in [-0.3, -0.25) is 13.9 Å². The molecule has 38 heavy (non-hydrogen) atoms. The lowest BCUT2D eigenvalue weighted by Gasteiger charge is -2.33. The Bertz CT molecular complexity index is 1340. The van der Waals surface area contributed by atoms with Gasteiger partial charge in [-0.2, -0.15) is 0 Å². The Labute approximate surface area is 226 Å². The van der Waals surface area contributed by atoms with Crippen molar-refractivity contribution in [2.45, 2.75) is 58.5 Å². The van der Waals surface area contributed by atoms with Crippen LogP contribution < -0.4 is 9.62 Å². The Morgan fingerprint density at radius 1 is 0.842 bits per heavy atom. The Morgan fingerprint density at radius 3 is 2.00 bits per heavy atom. The van der Waals surface area contributed by atoms with Crippen LogP contribution in [0.25, 0.3) is 0 Å². The van der Waals surface area contributed by atoms with Crippen molar-refractivity contribution in [3.63, 3.8) is 0 Å². The summed E-state index contributed by atoms with van der Waals surface area (Å²) in [4.78, 5) is 28.6. The van der Waals surface area contributed by atoms with Gasteiger partial charge in [0, 0.05) is 13.1 Å². The highest BCUT2D eigenvalue weighted by molar-refractivity contribution is 7.92. The molecule has 1 N–H and O–H groups in total. The first kappa shape index (κ1) is 28.9. The maximum absolute atomic E-state index is 14.0. The third-order valence-electron chi connectivity index (χ3n) is 6.31. The number of amides is 2. The third-order valence-corrected chi connectivity index (χ3v) is 8.10. The van der Waals surface area contributed by atoms with Crippen LogP contribution in [0, 0.1) is 20.8 Å². The number of nitrogens with zero attached hydrogens (tertiary/aromatic N) is 2. The molecule has 0 bridgehead atoms. The number of carbonyl (C=O) groups is 2. The highest BCUT2D eigenvalue weighted by Gasteiger charge is 2.33. The summed E-state index contributed by atoms with van der Waals surface area (Å²) in [6.45, 7) is 9.59. The van der Waals surface area contributed by atoms with E-state index in [1.807, 2.05) is 65.0 Å². The molecule has 1 unspecified atom stereocenters. The predicted octanol–water partition coefficient (Wildman–Crippen LogP) is 4.75. The highest BCUT2D eigenvalue weighted by atomic mass is 32.2. The van der Waals surface area contributed by atoms with Crippen molar-refractivity contribution >= 4 is 27.5 Å². The minimum Gasteiger partial charge on any atom is -0.355 e. The summed E-state index contributed by atoms with van der Waals surface area (Å²) in [6, 6.07) is 20.5. The largest absolute Gasteiger partial charge is 0.355 e. The summed E-state index contributed by atoms with van der Waals surface area (Å²) in [7, 11) is -4.07. The van der Waals surface area contributed by atoms with E-state index >= 15 is 0 Å². The molecule has 0 aliphatic rings. The van der Waals surface area contributed by atoms with Crippen LogP contribution in [-0.4, -0.2) is 44.3 Å². The van der Waals surface area contributed by atoms with Crippen molar-refractivity contribution in [2.24, 2.45) is 0 Å². The van der Waals surface area contributed by atoms with Crippen LogP contribution in [0.4, 0.5) is 5.69 Å². The molecule has 3 rings (SSSR count). The van der Waals surface area contributed by atoms with Gasteiger partial charge in [0.25, 0.3) is 10.0 Å². The molecule has 7 nitrogen and oxygen atoms in total. The fraction of sp³-hybridized carbons (Fsp3) is 0.333. The molecular formula is C30H37N3O4S. The lowest BCUT2D eigenvalue weighted by Crippen LogP contribution is -2.52. The van der Waals surface area contributed by atoms with Crippen LogP contribution in [0.1, 0.15) is 42.5 Å². The van der Waals surface area contributed by atoms with E-state index in [-0.39, 0.29) is 17.3 Å². The molecule has 0 saturated heterocycles. The van der Waals surface area contributed by atoms with Gasteiger partial charge in [-0.05, 0) is 75.1 Å². The minimum absolute atomic E-state index is 0.0906. The topological polar surface area (TPSA) is 86.8 Å². The van der Waals surface area contributed by atoms with E-state index in [4.69, 9.17) is 0 Å². The highest BCUT2D eigenvalue weighted by Crippen LogP contribution is 2.27. The van der Waals surface area contributed by atoms with Crippen molar-refractivity contribution in [1.82, 2.24) is 10.2 Å². The molecule has 2 amide bonds. The van der Waals surface area contributed by atoms with Crippen LogP contribution in [-0.2, 0) is 26.2 Å². The molecule has 0 aromatic heterocycles. The van der Waals surface area contributed by atoms with Crippen molar-refractivity contribution < 1.29 is 18.0 Å². The number of hydrogen-bond acceptors (Lipinski definition) is 4. The Kier molecular flexibility index (Phi) is 9.69. The normalized spacial score (nSPS) is 12.0. The molecule has 0 radical (unpaired) electrons. The third kappa shape index (κ3) is 7.01. The first-order chi connectivity index (χ1) is 18.1. The lowest BCUT2D eigenvalue weighted by atomic mass is 10.1. The molecule has 0 spiro atoms. The van der Waals surface area contributed by atoms with Crippen LogP contribution in [0.2, 0.25) is 0 Å². The summed E-state index contributed by atoms with van der Waals surface area (Å²) in [5.74, 6) is -0.721. The zero-order chi connectivity index (χ0) is 27.9. The van der Waals surface area contributed by atoms with E-state index in [9.17, 15) is 18.0 Å². The quantitative estimate of drug-likeness (QED) is 0.384. The minimum atomic E-state index is -4.07. The second-order valence-corrected chi connectivity index (χ2v) is 11.4. The molecule has 202 valence electrons. The summed E-state index contributed by atoms with van der Waals surface area (Å²) < 4.78 is 28.9. The van der Waals surface area contributed by atoms with Gasteiger partial charge < -0.3 is 10.2 Å². The average Bonchev–Trinajstić information content (AvgIpc) is 2.88. The van der Waals surface area contributed by atoms with Crippen molar-refractivity contribution in [3.8, 4) is 0 Å². The SMILES string of the molecule is CCNC(=O)C(CC)N(Cc1ccc(C)cc1)C(=O)CN(c1cc(C)cc(C)c1)S(=O)(=O)c1ccccc1. The van der Waals surface area contributed by atoms with E-state index in [1.165, 1.54) is 17.0 Å². The van der Waals surface area contributed by atoms with Gasteiger partial charge in [0.2, 0.25) is 11.8 Å². The molecule has 0 saturated carbocycles. The number of benzene rings is 3. The lowest BCUT2D eigenvalue weighted by molar-refractivity contribution is -0.140.